The summed E-state index contributed by atoms with van der Waals surface area (Å²) in [4.78, 5) is 0.176. The van der Waals surface area contributed by atoms with Gasteiger partial charge in [0.05, 0.1) is 10.6 Å². The van der Waals surface area contributed by atoms with Crippen LogP contribution in [0.1, 0.15) is 16.7 Å². The molecule has 3 aromatic carbocycles. The highest BCUT2D eigenvalue weighted by Gasteiger charge is 2.14. The lowest BCUT2D eigenvalue weighted by molar-refractivity contribution is 0.598. The van der Waals surface area contributed by atoms with E-state index in [1.165, 1.54) is 0 Å². The van der Waals surface area contributed by atoms with E-state index in [4.69, 9.17) is 0 Å². The van der Waals surface area contributed by atoms with E-state index in [0.717, 1.165) is 24.7 Å². The van der Waals surface area contributed by atoms with Crippen LogP contribution in [0.15, 0.2) is 92.6 Å². The largest absolute Gasteiger partial charge is 0.282 e. The Morgan fingerprint density at radius 1 is 0.929 bits per heavy atom. The SMILES string of the molecule is Cc1ccc(S(=O)(=O)N=C(/C=C/c2ccc(I)cc2)c2ccc(Br)cc2)cc1. The minimum absolute atomic E-state index is 0.176. The molecule has 0 radical (unpaired) electrons. The summed E-state index contributed by atoms with van der Waals surface area (Å²) in [6.45, 7) is 1.91. The highest BCUT2D eigenvalue weighted by molar-refractivity contribution is 14.1. The molecular weight excluding hydrogens is 549 g/mol. The van der Waals surface area contributed by atoms with Gasteiger partial charge in [-0.2, -0.15) is 12.8 Å². The fourth-order valence-electron chi connectivity index (χ4n) is 2.44. The fraction of sp³-hybridized carbons (Fsp3) is 0.0455. The Balaban J connectivity index is 2.04. The molecule has 0 unspecified atom stereocenters. The first-order chi connectivity index (χ1) is 13.3. The zero-order chi connectivity index (χ0) is 20.1. The Labute approximate surface area is 187 Å². The number of sulfonamides is 1. The molecule has 3 nitrogen and oxygen atoms in total. The Morgan fingerprint density at radius 2 is 1.54 bits per heavy atom. The van der Waals surface area contributed by atoms with Gasteiger partial charge >= 0.3 is 0 Å². The third-order valence-electron chi connectivity index (χ3n) is 3.98. The van der Waals surface area contributed by atoms with Gasteiger partial charge in [0.2, 0.25) is 0 Å². The second kappa shape index (κ2) is 9.15. The summed E-state index contributed by atoms with van der Waals surface area (Å²) < 4.78 is 31.8. The molecular formula is C22H17BrINO2S. The zero-order valence-corrected chi connectivity index (χ0v) is 19.6. The van der Waals surface area contributed by atoms with Crippen LogP contribution >= 0.6 is 38.5 Å². The van der Waals surface area contributed by atoms with E-state index < -0.39 is 10.0 Å². The van der Waals surface area contributed by atoms with E-state index in [2.05, 4.69) is 42.9 Å². The average Bonchev–Trinajstić information content (AvgIpc) is 2.67. The lowest BCUT2D eigenvalue weighted by Gasteiger charge is -2.05. The number of rotatable bonds is 5. The molecule has 0 atom stereocenters. The first-order valence-corrected chi connectivity index (χ1v) is 11.8. The van der Waals surface area contributed by atoms with Crippen molar-refractivity contribution in [2.45, 2.75) is 11.8 Å². The highest BCUT2D eigenvalue weighted by Crippen LogP contribution is 2.18. The molecule has 28 heavy (non-hydrogen) atoms. The molecule has 142 valence electrons. The number of hydrogen-bond donors (Lipinski definition) is 0. The molecule has 0 spiro atoms. The lowest BCUT2D eigenvalue weighted by atomic mass is 10.1. The van der Waals surface area contributed by atoms with Crippen LogP contribution in [0.4, 0.5) is 0 Å². The summed E-state index contributed by atoms with van der Waals surface area (Å²) in [6, 6.07) is 22.1. The van der Waals surface area contributed by atoms with Crippen LogP contribution in [0, 0.1) is 10.5 Å². The Morgan fingerprint density at radius 3 is 2.14 bits per heavy atom. The molecule has 0 aliphatic heterocycles. The molecule has 0 aliphatic rings. The van der Waals surface area contributed by atoms with Crippen molar-refractivity contribution >= 4 is 60.3 Å². The number of nitrogens with zero attached hydrogens (tertiary/aromatic N) is 1. The first-order valence-electron chi connectivity index (χ1n) is 8.45. The maximum atomic E-state index is 12.8. The van der Waals surface area contributed by atoms with Crippen LogP contribution in [0.3, 0.4) is 0 Å². The molecule has 0 bridgehead atoms. The second-order valence-electron chi connectivity index (χ2n) is 6.16. The van der Waals surface area contributed by atoms with E-state index in [9.17, 15) is 8.42 Å². The summed E-state index contributed by atoms with van der Waals surface area (Å²) in [5.41, 5.74) is 3.07. The molecule has 0 saturated carbocycles. The number of benzene rings is 3. The van der Waals surface area contributed by atoms with E-state index in [1.54, 1.807) is 30.3 Å². The van der Waals surface area contributed by atoms with Gasteiger partial charge in [-0.05, 0) is 77.6 Å². The normalized spacial score (nSPS) is 12.5. The van der Waals surface area contributed by atoms with E-state index in [1.807, 2.05) is 61.5 Å². The highest BCUT2D eigenvalue weighted by atomic mass is 127. The summed E-state index contributed by atoms with van der Waals surface area (Å²) in [7, 11) is -3.82. The molecule has 0 heterocycles. The third kappa shape index (κ3) is 5.62. The predicted octanol–water partition coefficient (Wildman–Crippen LogP) is 6.25. The lowest BCUT2D eigenvalue weighted by Crippen LogP contribution is -2.04. The van der Waals surface area contributed by atoms with Gasteiger partial charge in [-0.15, -0.1) is 0 Å². The molecule has 0 saturated heterocycles. The molecule has 3 aromatic rings. The zero-order valence-electron chi connectivity index (χ0n) is 15.0. The standard InChI is InChI=1S/C22H17BrINO2S/c1-16-2-13-21(14-3-16)28(26,27)25-22(18-7-9-19(23)10-8-18)15-6-17-4-11-20(24)12-5-17/h2-15H,1H3/b15-6+,25-22?. The van der Waals surface area contributed by atoms with E-state index in [0.29, 0.717) is 5.71 Å². The van der Waals surface area contributed by atoms with Crippen molar-refractivity contribution < 1.29 is 8.42 Å². The van der Waals surface area contributed by atoms with Crippen LogP contribution < -0.4 is 0 Å². The van der Waals surface area contributed by atoms with Gasteiger partial charge in [-0.3, -0.25) is 0 Å². The monoisotopic (exact) mass is 565 g/mol. The molecule has 0 fully saturated rings. The summed E-state index contributed by atoms with van der Waals surface area (Å²) in [6.07, 6.45) is 3.60. The van der Waals surface area contributed by atoms with E-state index in [-0.39, 0.29) is 4.90 Å². The van der Waals surface area contributed by atoms with Crippen molar-refractivity contribution in [1.82, 2.24) is 0 Å². The van der Waals surface area contributed by atoms with Crippen molar-refractivity contribution in [2.75, 3.05) is 0 Å². The molecule has 0 amide bonds. The molecule has 0 aromatic heterocycles. The molecule has 3 rings (SSSR count). The van der Waals surface area contributed by atoms with Crippen LogP contribution in [-0.2, 0) is 10.0 Å². The minimum Gasteiger partial charge on any atom is -0.199 e. The van der Waals surface area contributed by atoms with Crippen molar-refractivity contribution in [1.29, 1.82) is 0 Å². The predicted molar refractivity (Wildman–Crippen MR) is 127 cm³/mol. The van der Waals surface area contributed by atoms with Gasteiger partial charge in [0.15, 0.2) is 0 Å². The number of allylic oxidation sites excluding steroid dienone is 1. The Kier molecular flexibility index (Phi) is 6.85. The molecule has 6 heteroatoms. The number of halogens is 2. The quantitative estimate of drug-likeness (QED) is 0.271. The maximum absolute atomic E-state index is 12.8. The Hall–Kier alpha value is -1.77. The van der Waals surface area contributed by atoms with Crippen molar-refractivity contribution in [3.63, 3.8) is 0 Å². The van der Waals surface area contributed by atoms with Gasteiger partial charge in [0, 0.05) is 13.6 Å². The third-order valence-corrected chi connectivity index (χ3v) is 6.53. The average molecular weight is 566 g/mol. The van der Waals surface area contributed by atoms with Crippen LogP contribution in [0.25, 0.3) is 6.08 Å². The fourth-order valence-corrected chi connectivity index (χ4v) is 4.08. The van der Waals surface area contributed by atoms with Gasteiger partial charge in [-0.25, -0.2) is 0 Å². The van der Waals surface area contributed by atoms with Crippen LogP contribution in [0.2, 0.25) is 0 Å². The van der Waals surface area contributed by atoms with Crippen molar-refractivity contribution in [3.05, 3.63) is 104 Å². The minimum atomic E-state index is -3.82. The van der Waals surface area contributed by atoms with Gasteiger partial charge in [-0.1, -0.05) is 64.0 Å². The Bertz CT molecular complexity index is 1120. The summed E-state index contributed by atoms with van der Waals surface area (Å²) in [5.74, 6) is 0. The van der Waals surface area contributed by atoms with Crippen molar-refractivity contribution in [2.24, 2.45) is 4.40 Å². The first kappa shape index (κ1) is 21.0. The number of hydrogen-bond acceptors (Lipinski definition) is 2. The van der Waals surface area contributed by atoms with Gasteiger partial charge in [0.25, 0.3) is 10.0 Å². The summed E-state index contributed by atoms with van der Waals surface area (Å²) >= 11 is 5.65. The van der Waals surface area contributed by atoms with E-state index >= 15 is 0 Å². The number of aryl methyl sites for hydroxylation is 1. The van der Waals surface area contributed by atoms with Crippen molar-refractivity contribution in [3.8, 4) is 0 Å². The smallest absolute Gasteiger partial charge is 0.199 e. The summed E-state index contributed by atoms with van der Waals surface area (Å²) in [5, 5.41) is 0. The van der Waals surface area contributed by atoms with Crippen LogP contribution in [-0.4, -0.2) is 14.1 Å². The molecule has 0 aliphatic carbocycles. The van der Waals surface area contributed by atoms with Gasteiger partial charge in [0.1, 0.15) is 0 Å². The van der Waals surface area contributed by atoms with Crippen LogP contribution in [0.5, 0.6) is 0 Å². The second-order valence-corrected chi connectivity index (χ2v) is 9.92. The maximum Gasteiger partial charge on any atom is 0.282 e. The topological polar surface area (TPSA) is 46.5 Å². The van der Waals surface area contributed by atoms with Gasteiger partial charge < -0.3 is 0 Å². The molecule has 0 N–H and O–H groups in total.